The molecule has 1 aliphatic rings. The summed E-state index contributed by atoms with van der Waals surface area (Å²) in [5, 5.41) is 14.4. The number of halogens is 1. The van der Waals surface area contributed by atoms with Crippen LogP contribution in [0.1, 0.15) is 18.4 Å². The fraction of sp³-hybridized carbons (Fsp3) is 0.308. The van der Waals surface area contributed by atoms with Gasteiger partial charge in [-0.25, -0.2) is 0 Å². The van der Waals surface area contributed by atoms with Gasteiger partial charge in [0, 0.05) is 16.2 Å². The van der Waals surface area contributed by atoms with Crippen LogP contribution in [0, 0.1) is 6.92 Å². The molecule has 1 aliphatic carbocycles. The first-order chi connectivity index (χ1) is 9.20. The molecule has 0 aliphatic heterocycles. The third-order valence-electron chi connectivity index (χ3n) is 2.92. The largest absolute Gasteiger partial charge is 0.366 e. The fourth-order valence-corrected chi connectivity index (χ4v) is 2.04. The molecule has 19 heavy (non-hydrogen) atoms. The Morgan fingerprint density at radius 2 is 2.16 bits per heavy atom. The van der Waals surface area contributed by atoms with Crippen LogP contribution >= 0.6 is 15.9 Å². The van der Waals surface area contributed by atoms with Crippen LogP contribution in [0.15, 0.2) is 28.9 Å². The first-order valence-corrected chi connectivity index (χ1v) is 6.99. The first kappa shape index (κ1) is 12.3. The predicted molar refractivity (Wildman–Crippen MR) is 78.6 cm³/mol. The van der Waals surface area contributed by atoms with Crippen molar-refractivity contribution in [1.82, 2.24) is 15.2 Å². The fourth-order valence-electron chi connectivity index (χ4n) is 1.66. The molecule has 1 heterocycles. The van der Waals surface area contributed by atoms with Crippen molar-refractivity contribution >= 4 is 33.4 Å². The Balaban J connectivity index is 1.75. The van der Waals surface area contributed by atoms with Crippen molar-refractivity contribution in [2.75, 3.05) is 10.6 Å². The quantitative estimate of drug-likeness (QED) is 0.905. The minimum Gasteiger partial charge on any atom is -0.366 e. The van der Waals surface area contributed by atoms with Gasteiger partial charge in [0.1, 0.15) is 0 Å². The molecule has 0 amide bonds. The summed E-state index contributed by atoms with van der Waals surface area (Å²) in [6.45, 7) is 2.05. The zero-order valence-corrected chi connectivity index (χ0v) is 12.1. The molecule has 0 radical (unpaired) electrons. The van der Waals surface area contributed by atoms with Crippen LogP contribution in [0.25, 0.3) is 0 Å². The first-order valence-electron chi connectivity index (χ1n) is 6.20. The van der Waals surface area contributed by atoms with Crippen LogP contribution in [-0.2, 0) is 0 Å². The number of hydrogen-bond acceptors (Lipinski definition) is 5. The third kappa shape index (κ3) is 3.20. The van der Waals surface area contributed by atoms with E-state index in [2.05, 4.69) is 41.7 Å². The zero-order chi connectivity index (χ0) is 13.2. The van der Waals surface area contributed by atoms with Gasteiger partial charge in [-0.2, -0.15) is 10.1 Å². The van der Waals surface area contributed by atoms with Crippen LogP contribution in [0.2, 0.25) is 0 Å². The number of anilines is 3. The van der Waals surface area contributed by atoms with E-state index in [1.165, 1.54) is 18.4 Å². The normalized spacial score (nSPS) is 14.2. The standard InChI is InChI=1S/C13H14BrN5/c1-8-2-3-10(6-11(8)14)17-13-18-12(7-15-19-13)16-9-4-5-9/h2-3,6-7,9H,4-5H2,1H3,(H2,16,17,18,19). The van der Waals surface area contributed by atoms with Crippen molar-refractivity contribution < 1.29 is 0 Å². The summed E-state index contributed by atoms with van der Waals surface area (Å²) >= 11 is 3.51. The lowest BCUT2D eigenvalue weighted by Gasteiger charge is -2.08. The number of aromatic nitrogens is 3. The van der Waals surface area contributed by atoms with Crippen molar-refractivity contribution in [2.45, 2.75) is 25.8 Å². The van der Waals surface area contributed by atoms with Crippen LogP contribution in [0.5, 0.6) is 0 Å². The highest BCUT2D eigenvalue weighted by Crippen LogP contribution is 2.25. The highest BCUT2D eigenvalue weighted by atomic mass is 79.9. The van der Waals surface area contributed by atoms with Crippen molar-refractivity contribution in [3.8, 4) is 0 Å². The summed E-state index contributed by atoms with van der Waals surface area (Å²) in [6, 6.07) is 6.58. The second-order valence-electron chi connectivity index (χ2n) is 4.67. The number of nitrogens with one attached hydrogen (secondary N) is 2. The molecule has 1 saturated carbocycles. The van der Waals surface area contributed by atoms with Gasteiger partial charge in [0.2, 0.25) is 5.95 Å². The number of nitrogens with zero attached hydrogens (tertiary/aromatic N) is 3. The van der Waals surface area contributed by atoms with Gasteiger partial charge in [0.05, 0.1) is 6.20 Å². The second-order valence-corrected chi connectivity index (χ2v) is 5.53. The Labute approximate surface area is 120 Å². The molecule has 3 rings (SSSR count). The van der Waals surface area contributed by atoms with E-state index < -0.39 is 0 Å². The van der Waals surface area contributed by atoms with Gasteiger partial charge in [-0.05, 0) is 37.5 Å². The van der Waals surface area contributed by atoms with E-state index in [0.717, 1.165) is 16.0 Å². The van der Waals surface area contributed by atoms with E-state index in [0.29, 0.717) is 12.0 Å². The van der Waals surface area contributed by atoms with Crippen molar-refractivity contribution in [3.05, 3.63) is 34.4 Å². The summed E-state index contributed by atoms with van der Waals surface area (Å²) < 4.78 is 1.05. The van der Waals surface area contributed by atoms with Gasteiger partial charge in [-0.3, -0.25) is 0 Å². The Bertz CT molecular complexity index is 597. The van der Waals surface area contributed by atoms with E-state index in [4.69, 9.17) is 0 Å². The van der Waals surface area contributed by atoms with Gasteiger partial charge < -0.3 is 10.6 Å². The summed E-state index contributed by atoms with van der Waals surface area (Å²) in [7, 11) is 0. The Morgan fingerprint density at radius 3 is 2.89 bits per heavy atom. The molecule has 1 fully saturated rings. The van der Waals surface area contributed by atoms with Crippen LogP contribution in [-0.4, -0.2) is 21.2 Å². The zero-order valence-electron chi connectivity index (χ0n) is 10.5. The number of benzene rings is 1. The van der Waals surface area contributed by atoms with Crippen LogP contribution in [0.3, 0.4) is 0 Å². The lowest BCUT2D eigenvalue weighted by atomic mass is 10.2. The van der Waals surface area contributed by atoms with E-state index in [9.17, 15) is 0 Å². The smallest absolute Gasteiger partial charge is 0.249 e. The Kier molecular flexibility index (Phi) is 3.33. The maximum absolute atomic E-state index is 4.39. The molecule has 0 saturated heterocycles. The number of aryl methyl sites for hydroxylation is 1. The molecule has 1 aromatic carbocycles. The average Bonchev–Trinajstić information content (AvgIpc) is 3.18. The molecule has 6 heteroatoms. The minimum atomic E-state index is 0.501. The molecule has 1 aromatic heterocycles. The highest BCUT2D eigenvalue weighted by molar-refractivity contribution is 9.10. The maximum atomic E-state index is 4.39. The Morgan fingerprint density at radius 1 is 1.32 bits per heavy atom. The van der Waals surface area contributed by atoms with E-state index in [1.54, 1.807) is 6.20 Å². The van der Waals surface area contributed by atoms with Gasteiger partial charge in [-0.15, -0.1) is 5.10 Å². The van der Waals surface area contributed by atoms with Gasteiger partial charge >= 0.3 is 0 Å². The summed E-state index contributed by atoms with van der Waals surface area (Å²) in [4.78, 5) is 4.39. The van der Waals surface area contributed by atoms with Crippen LogP contribution < -0.4 is 10.6 Å². The maximum Gasteiger partial charge on any atom is 0.249 e. The van der Waals surface area contributed by atoms with Crippen molar-refractivity contribution in [1.29, 1.82) is 0 Å². The summed E-state index contributed by atoms with van der Waals surface area (Å²) in [5.74, 6) is 1.27. The lowest BCUT2D eigenvalue weighted by molar-refractivity contribution is 0.965. The second kappa shape index (κ2) is 5.13. The topological polar surface area (TPSA) is 62.7 Å². The van der Waals surface area contributed by atoms with Crippen molar-refractivity contribution in [2.24, 2.45) is 0 Å². The highest BCUT2D eigenvalue weighted by Gasteiger charge is 2.21. The third-order valence-corrected chi connectivity index (χ3v) is 3.77. The predicted octanol–water partition coefficient (Wildman–Crippen LogP) is 3.26. The molecule has 0 spiro atoms. The molecule has 0 atom stereocenters. The van der Waals surface area contributed by atoms with Gasteiger partial charge in [-0.1, -0.05) is 22.0 Å². The molecule has 2 N–H and O–H groups in total. The SMILES string of the molecule is Cc1ccc(Nc2nncc(NC3CC3)n2)cc1Br. The lowest BCUT2D eigenvalue weighted by Crippen LogP contribution is -2.06. The molecule has 5 nitrogen and oxygen atoms in total. The summed E-state index contributed by atoms with van der Waals surface area (Å²) in [5.41, 5.74) is 2.12. The average molecular weight is 320 g/mol. The molecule has 0 unspecified atom stereocenters. The number of rotatable bonds is 4. The molecular formula is C13H14BrN5. The van der Waals surface area contributed by atoms with Crippen LogP contribution in [0.4, 0.5) is 17.5 Å². The van der Waals surface area contributed by atoms with E-state index in [1.807, 2.05) is 25.1 Å². The molecule has 0 bridgehead atoms. The molecular weight excluding hydrogens is 306 g/mol. The van der Waals surface area contributed by atoms with Crippen molar-refractivity contribution in [3.63, 3.8) is 0 Å². The summed E-state index contributed by atoms with van der Waals surface area (Å²) in [6.07, 6.45) is 4.06. The molecule has 2 aromatic rings. The van der Waals surface area contributed by atoms with E-state index >= 15 is 0 Å². The van der Waals surface area contributed by atoms with E-state index in [-0.39, 0.29) is 0 Å². The number of hydrogen-bond donors (Lipinski definition) is 2. The monoisotopic (exact) mass is 319 g/mol. The minimum absolute atomic E-state index is 0.501. The Hall–Kier alpha value is -1.69. The van der Waals surface area contributed by atoms with Gasteiger partial charge in [0.25, 0.3) is 0 Å². The molecule has 98 valence electrons. The van der Waals surface area contributed by atoms with Gasteiger partial charge in [0.15, 0.2) is 5.82 Å².